The first kappa shape index (κ1) is 10.5. The monoisotopic (exact) mass is 237 g/mol. The maximum atomic E-state index is 9.25. The van der Waals surface area contributed by atoms with E-state index in [1.54, 1.807) is 16.8 Å². The van der Waals surface area contributed by atoms with Crippen LogP contribution >= 0.6 is 0 Å². The van der Waals surface area contributed by atoms with E-state index in [0.29, 0.717) is 0 Å². The summed E-state index contributed by atoms with van der Waals surface area (Å²) in [5.74, 6) is 0.245. The zero-order valence-corrected chi connectivity index (χ0v) is 9.56. The molecule has 0 saturated heterocycles. The van der Waals surface area contributed by atoms with Crippen LogP contribution in [0.5, 0.6) is 5.75 Å². The molecule has 18 heavy (non-hydrogen) atoms. The van der Waals surface area contributed by atoms with Crippen molar-refractivity contribution in [3.63, 3.8) is 0 Å². The van der Waals surface area contributed by atoms with E-state index in [0.717, 1.165) is 16.9 Å². The summed E-state index contributed by atoms with van der Waals surface area (Å²) in [6.07, 6.45) is 1.86. The summed E-state index contributed by atoms with van der Waals surface area (Å²) in [4.78, 5) is 0. The number of hydrogen-bond donors (Lipinski definition) is 1. The summed E-state index contributed by atoms with van der Waals surface area (Å²) in [6, 6.07) is 16.7. The zero-order chi connectivity index (χ0) is 12.4. The van der Waals surface area contributed by atoms with Crippen molar-refractivity contribution < 1.29 is 5.11 Å². The summed E-state index contributed by atoms with van der Waals surface area (Å²) in [6.45, 7) is 0. The molecule has 0 atom stereocenters. The Bertz CT molecular complexity index is 644. The Hall–Kier alpha value is -2.62. The van der Waals surface area contributed by atoms with Crippen LogP contribution in [0, 0.1) is 0 Å². The van der Waals surface area contributed by atoms with E-state index >= 15 is 0 Å². The molecule has 0 aliphatic heterocycles. The quantitative estimate of drug-likeness (QED) is 0.745. The average molecular weight is 237 g/mol. The molecule has 0 amide bonds. The summed E-state index contributed by atoms with van der Waals surface area (Å²) in [5.41, 5.74) is 2.67. The molecule has 0 saturated carbocycles. The van der Waals surface area contributed by atoms with Gasteiger partial charge in [0.1, 0.15) is 11.4 Å². The summed E-state index contributed by atoms with van der Waals surface area (Å²) < 4.78 is 1.72. The van der Waals surface area contributed by atoms with Gasteiger partial charge in [-0.05, 0) is 36.4 Å². The molecule has 1 aromatic heterocycles. The molecule has 0 radical (unpaired) electrons. The van der Waals surface area contributed by atoms with Crippen molar-refractivity contribution in [3.05, 3.63) is 60.8 Å². The molecule has 88 valence electrons. The lowest BCUT2D eigenvalue weighted by molar-refractivity contribution is 0.475. The Kier molecular flexibility index (Phi) is 2.53. The second-order valence-corrected chi connectivity index (χ2v) is 3.93. The van der Waals surface area contributed by atoms with E-state index in [9.17, 15) is 5.11 Å². The molecule has 3 rings (SSSR count). The van der Waals surface area contributed by atoms with Gasteiger partial charge in [-0.25, -0.2) is 4.68 Å². The lowest BCUT2D eigenvalue weighted by Crippen LogP contribution is -1.93. The van der Waals surface area contributed by atoms with Crippen molar-refractivity contribution in [2.24, 2.45) is 0 Å². The van der Waals surface area contributed by atoms with Crippen LogP contribution in [0.2, 0.25) is 0 Å². The molecule has 0 fully saturated rings. The fourth-order valence-electron chi connectivity index (χ4n) is 1.74. The molecular weight excluding hydrogens is 226 g/mol. The SMILES string of the molecule is Oc1ccc(-c2cn(-c3ccccc3)nn2)cc1. The second-order valence-electron chi connectivity index (χ2n) is 3.93. The lowest BCUT2D eigenvalue weighted by atomic mass is 10.2. The first-order valence-electron chi connectivity index (χ1n) is 5.60. The number of aromatic nitrogens is 3. The Labute approximate surface area is 104 Å². The van der Waals surface area contributed by atoms with Crippen molar-refractivity contribution in [2.75, 3.05) is 0 Å². The molecule has 4 heteroatoms. The standard InChI is InChI=1S/C14H11N3O/c18-13-8-6-11(7-9-13)14-10-17(16-15-14)12-4-2-1-3-5-12/h1-10,18H. The topological polar surface area (TPSA) is 50.9 Å². The van der Waals surface area contributed by atoms with Crippen molar-refractivity contribution in [1.29, 1.82) is 0 Å². The number of benzene rings is 2. The lowest BCUT2D eigenvalue weighted by Gasteiger charge is -1.98. The van der Waals surface area contributed by atoms with Crippen LogP contribution in [0.3, 0.4) is 0 Å². The highest BCUT2D eigenvalue weighted by Gasteiger charge is 2.04. The zero-order valence-electron chi connectivity index (χ0n) is 9.56. The van der Waals surface area contributed by atoms with Crippen molar-refractivity contribution in [3.8, 4) is 22.7 Å². The molecule has 2 aromatic carbocycles. The van der Waals surface area contributed by atoms with E-state index in [1.165, 1.54) is 0 Å². The molecule has 0 aliphatic rings. The molecule has 0 bridgehead atoms. The van der Waals surface area contributed by atoms with Gasteiger partial charge in [-0.15, -0.1) is 5.10 Å². The van der Waals surface area contributed by atoms with Crippen molar-refractivity contribution in [2.45, 2.75) is 0 Å². The number of aromatic hydroxyl groups is 1. The summed E-state index contributed by atoms with van der Waals surface area (Å²) in [5, 5.41) is 17.5. The Morgan fingerprint density at radius 2 is 1.61 bits per heavy atom. The third-order valence-electron chi connectivity index (χ3n) is 2.68. The van der Waals surface area contributed by atoms with Crippen LogP contribution in [-0.2, 0) is 0 Å². The van der Waals surface area contributed by atoms with Gasteiger partial charge >= 0.3 is 0 Å². The van der Waals surface area contributed by atoms with Crippen molar-refractivity contribution >= 4 is 0 Å². The van der Waals surface area contributed by atoms with Crippen LogP contribution in [0.25, 0.3) is 16.9 Å². The fourth-order valence-corrected chi connectivity index (χ4v) is 1.74. The number of rotatable bonds is 2. The maximum absolute atomic E-state index is 9.25. The number of phenols is 1. The Morgan fingerprint density at radius 1 is 0.889 bits per heavy atom. The maximum Gasteiger partial charge on any atom is 0.115 e. The van der Waals surface area contributed by atoms with Crippen LogP contribution in [0.4, 0.5) is 0 Å². The largest absolute Gasteiger partial charge is 0.508 e. The molecule has 3 aromatic rings. The molecule has 0 aliphatic carbocycles. The third kappa shape index (κ3) is 1.96. The van der Waals surface area contributed by atoms with E-state index < -0.39 is 0 Å². The fraction of sp³-hybridized carbons (Fsp3) is 0. The molecule has 0 unspecified atom stereocenters. The van der Waals surface area contributed by atoms with Gasteiger partial charge in [-0.1, -0.05) is 23.4 Å². The Morgan fingerprint density at radius 3 is 2.33 bits per heavy atom. The van der Waals surface area contributed by atoms with E-state index in [4.69, 9.17) is 0 Å². The van der Waals surface area contributed by atoms with Gasteiger partial charge in [0, 0.05) is 5.56 Å². The van der Waals surface area contributed by atoms with Gasteiger partial charge in [0.2, 0.25) is 0 Å². The number of nitrogens with zero attached hydrogens (tertiary/aromatic N) is 3. The smallest absolute Gasteiger partial charge is 0.115 e. The molecule has 4 nitrogen and oxygen atoms in total. The van der Waals surface area contributed by atoms with Crippen LogP contribution in [0.1, 0.15) is 0 Å². The minimum atomic E-state index is 0.245. The third-order valence-corrected chi connectivity index (χ3v) is 2.68. The highest BCUT2D eigenvalue weighted by molar-refractivity contribution is 5.59. The highest BCUT2D eigenvalue weighted by atomic mass is 16.3. The van der Waals surface area contributed by atoms with Gasteiger partial charge in [0.15, 0.2) is 0 Å². The van der Waals surface area contributed by atoms with Gasteiger partial charge in [0.25, 0.3) is 0 Å². The van der Waals surface area contributed by atoms with Crippen LogP contribution in [0.15, 0.2) is 60.8 Å². The van der Waals surface area contributed by atoms with Gasteiger partial charge in [0.05, 0.1) is 11.9 Å². The highest BCUT2D eigenvalue weighted by Crippen LogP contribution is 2.20. The average Bonchev–Trinajstić information content (AvgIpc) is 2.90. The predicted molar refractivity (Wildman–Crippen MR) is 68.5 cm³/mol. The van der Waals surface area contributed by atoms with Gasteiger partial charge in [-0.2, -0.15) is 0 Å². The molecular formula is C14H11N3O. The first-order valence-corrected chi connectivity index (χ1v) is 5.60. The van der Waals surface area contributed by atoms with Crippen LogP contribution < -0.4 is 0 Å². The first-order chi connectivity index (χ1) is 8.83. The van der Waals surface area contributed by atoms with Gasteiger partial charge < -0.3 is 5.11 Å². The van der Waals surface area contributed by atoms with E-state index in [2.05, 4.69) is 10.3 Å². The minimum Gasteiger partial charge on any atom is -0.508 e. The van der Waals surface area contributed by atoms with Crippen LogP contribution in [-0.4, -0.2) is 20.1 Å². The molecule has 0 spiro atoms. The predicted octanol–water partition coefficient (Wildman–Crippen LogP) is 2.64. The van der Waals surface area contributed by atoms with Gasteiger partial charge in [-0.3, -0.25) is 0 Å². The Balaban J connectivity index is 1.97. The summed E-state index contributed by atoms with van der Waals surface area (Å²) in [7, 11) is 0. The minimum absolute atomic E-state index is 0.245. The van der Waals surface area contributed by atoms with Crippen molar-refractivity contribution in [1.82, 2.24) is 15.0 Å². The normalized spacial score (nSPS) is 10.4. The number of hydrogen-bond acceptors (Lipinski definition) is 3. The number of para-hydroxylation sites is 1. The summed E-state index contributed by atoms with van der Waals surface area (Å²) >= 11 is 0. The number of phenolic OH excluding ortho intramolecular Hbond substituents is 1. The van der Waals surface area contributed by atoms with E-state index in [-0.39, 0.29) is 5.75 Å². The molecule has 1 heterocycles. The van der Waals surface area contributed by atoms with E-state index in [1.807, 2.05) is 48.7 Å². The molecule has 1 N–H and O–H groups in total. The second kappa shape index (κ2) is 4.33.